The van der Waals surface area contributed by atoms with Gasteiger partial charge in [0.2, 0.25) is 10.0 Å². The van der Waals surface area contributed by atoms with E-state index in [0.29, 0.717) is 11.8 Å². The van der Waals surface area contributed by atoms with Gasteiger partial charge < -0.3 is 10.1 Å². The van der Waals surface area contributed by atoms with Crippen molar-refractivity contribution in [3.63, 3.8) is 0 Å². The molecule has 1 amide bonds. The molecule has 1 aromatic carbocycles. The van der Waals surface area contributed by atoms with Crippen molar-refractivity contribution in [2.75, 3.05) is 20.2 Å². The average molecular weight is 411 g/mol. The molecule has 0 saturated heterocycles. The van der Waals surface area contributed by atoms with Crippen molar-refractivity contribution < 1.29 is 22.7 Å². The summed E-state index contributed by atoms with van der Waals surface area (Å²) in [5, 5.41) is 2.92. The lowest BCUT2D eigenvalue weighted by molar-refractivity contribution is -0.148. The van der Waals surface area contributed by atoms with Gasteiger partial charge >= 0.3 is 5.97 Å². The molecule has 1 N–H and O–H groups in total. The van der Waals surface area contributed by atoms with Gasteiger partial charge in [0, 0.05) is 13.1 Å². The number of carbonyl (C=O) groups is 2. The monoisotopic (exact) mass is 410 g/mol. The maximum absolute atomic E-state index is 12.5. The summed E-state index contributed by atoms with van der Waals surface area (Å²) in [5.41, 5.74) is 0.939. The minimum atomic E-state index is -3.79. The predicted molar refractivity (Wildman–Crippen MR) is 106 cm³/mol. The second-order valence-corrected chi connectivity index (χ2v) is 9.72. The van der Waals surface area contributed by atoms with Crippen LogP contribution in [0.15, 0.2) is 29.2 Å². The first-order chi connectivity index (χ1) is 13.1. The summed E-state index contributed by atoms with van der Waals surface area (Å²) in [6.07, 6.45) is 3.14. The van der Waals surface area contributed by atoms with Gasteiger partial charge in [0.1, 0.15) is 6.54 Å². The molecule has 28 heavy (non-hydrogen) atoms. The minimum Gasteiger partial charge on any atom is -0.455 e. The molecular formula is C20H30N2O5S. The molecule has 0 heterocycles. The topological polar surface area (TPSA) is 92.8 Å². The van der Waals surface area contributed by atoms with Gasteiger partial charge in [-0.2, -0.15) is 4.31 Å². The van der Waals surface area contributed by atoms with Crippen LogP contribution < -0.4 is 5.32 Å². The van der Waals surface area contributed by atoms with E-state index >= 15 is 0 Å². The van der Waals surface area contributed by atoms with Crippen LogP contribution in [-0.4, -0.2) is 50.8 Å². The number of ether oxygens (including phenoxy) is 1. The number of rotatable bonds is 7. The van der Waals surface area contributed by atoms with Crippen molar-refractivity contribution >= 4 is 21.9 Å². The zero-order chi connectivity index (χ0) is 20.9. The SMILES string of the molecule is Cc1ccc(S(=O)(=O)N(C)CC(=O)OCC(=O)N[C@H]2CCC[C@H](C)[C@@H]2C)cc1. The number of hydrogen-bond acceptors (Lipinski definition) is 5. The van der Waals surface area contributed by atoms with Crippen LogP contribution in [0, 0.1) is 18.8 Å². The number of aryl methyl sites for hydroxylation is 1. The minimum absolute atomic E-state index is 0.0829. The lowest BCUT2D eigenvalue weighted by Crippen LogP contribution is -2.45. The van der Waals surface area contributed by atoms with Gasteiger partial charge in [-0.25, -0.2) is 8.42 Å². The maximum atomic E-state index is 12.5. The van der Waals surface area contributed by atoms with Crippen molar-refractivity contribution in [1.82, 2.24) is 9.62 Å². The molecule has 0 aliphatic heterocycles. The van der Waals surface area contributed by atoms with Crippen molar-refractivity contribution in [1.29, 1.82) is 0 Å². The van der Waals surface area contributed by atoms with Gasteiger partial charge in [0.05, 0.1) is 4.90 Å². The Hall–Kier alpha value is -1.93. The second-order valence-electron chi connectivity index (χ2n) is 7.68. The van der Waals surface area contributed by atoms with Gasteiger partial charge in [-0.1, -0.05) is 44.4 Å². The normalized spacial score (nSPS) is 22.7. The van der Waals surface area contributed by atoms with E-state index in [2.05, 4.69) is 19.2 Å². The Morgan fingerprint density at radius 2 is 1.82 bits per heavy atom. The number of likely N-dealkylation sites (N-methyl/N-ethyl adjacent to an activating group) is 1. The Bertz CT molecular complexity index is 791. The third kappa shape index (κ3) is 5.78. The lowest BCUT2D eigenvalue weighted by atomic mass is 9.78. The maximum Gasteiger partial charge on any atom is 0.321 e. The van der Waals surface area contributed by atoms with Crippen molar-refractivity contribution in [2.24, 2.45) is 11.8 Å². The summed E-state index contributed by atoms with van der Waals surface area (Å²) >= 11 is 0. The van der Waals surface area contributed by atoms with Gasteiger partial charge in [0.25, 0.3) is 5.91 Å². The zero-order valence-electron chi connectivity index (χ0n) is 17.0. The van der Waals surface area contributed by atoms with Crippen LogP contribution >= 0.6 is 0 Å². The average Bonchev–Trinajstić information content (AvgIpc) is 2.64. The van der Waals surface area contributed by atoms with Crippen molar-refractivity contribution in [3.05, 3.63) is 29.8 Å². The molecule has 3 atom stereocenters. The molecule has 1 aromatic rings. The number of esters is 1. The highest BCUT2D eigenvalue weighted by molar-refractivity contribution is 7.89. The third-order valence-electron chi connectivity index (χ3n) is 5.50. The molecule has 1 aliphatic rings. The summed E-state index contributed by atoms with van der Waals surface area (Å²) in [6.45, 7) is 5.28. The molecule has 0 aromatic heterocycles. The quantitative estimate of drug-likeness (QED) is 0.695. The standard InChI is InChI=1S/C20H30N2O5S/c1-14-8-10-17(11-9-14)28(25,26)22(4)12-20(24)27-13-19(23)21-18-7-5-6-15(2)16(18)3/h8-11,15-16,18H,5-7,12-13H2,1-4H3,(H,21,23)/t15-,16-,18-/m0/s1. The van der Waals surface area contributed by atoms with Crippen LogP contribution in [0.25, 0.3) is 0 Å². The Morgan fingerprint density at radius 3 is 2.46 bits per heavy atom. The summed E-state index contributed by atoms with van der Waals surface area (Å²) in [5.74, 6) is -0.205. The van der Waals surface area contributed by atoms with Crippen molar-refractivity contribution in [2.45, 2.75) is 51.0 Å². The summed E-state index contributed by atoms with van der Waals surface area (Å²) in [7, 11) is -2.49. The van der Waals surface area contributed by atoms with Gasteiger partial charge in [-0.15, -0.1) is 0 Å². The fourth-order valence-corrected chi connectivity index (χ4v) is 4.50. The van der Waals surface area contributed by atoms with Crippen LogP contribution in [-0.2, 0) is 24.3 Å². The highest BCUT2D eigenvalue weighted by atomic mass is 32.2. The lowest BCUT2D eigenvalue weighted by Gasteiger charge is -2.34. The fraction of sp³-hybridized carbons (Fsp3) is 0.600. The van der Waals surface area contributed by atoms with E-state index in [-0.39, 0.29) is 16.8 Å². The Balaban J connectivity index is 1.82. The first-order valence-corrected chi connectivity index (χ1v) is 11.0. The molecule has 1 aliphatic carbocycles. The summed E-state index contributed by atoms with van der Waals surface area (Å²) in [6, 6.07) is 6.45. The number of hydrogen-bond donors (Lipinski definition) is 1. The van der Waals surface area contributed by atoms with Gasteiger partial charge in [-0.3, -0.25) is 9.59 Å². The molecule has 8 heteroatoms. The molecule has 156 valence electrons. The van der Waals surface area contributed by atoms with Crippen LogP contribution in [0.2, 0.25) is 0 Å². The Kier molecular flexibility index (Phi) is 7.60. The molecule has 0 bridgehead atoms. The van der Waals surface area contributed by atoms with Crippen LogP contribution in [0.5, 0.6) is 0 Å². The molecule has 2 rings (SSSR count). The molecule has 0 unspecified atom stereocenters. The van der Waals surface area contributed by atoms with E-state index in [1.807, 2.05) is 6.92 Å². The van der Waals surface area contributed by atoms with Gasteiger partial charge in [0.15, 0.2) is 6.61 Å². The molecule has 1 saturated carbocycles. The Labute approximate surface area is 167 Å². The largest absolute Gasteiger partial charge is 0.455 e. The first-order valence-electron chi connectivity index (χ1n) is 9.59. The zero-order valence-corrected chi connectivity index (χ0v) is 17.8. The highest BCUT2D eigenvalue weighted by Crippen LogP contribution is 2.29. The fourth-order valence-electron chi connectivity index (χ4n) is 3.38. The van der Waals surface area contributed by atoms with Crippen LogP contribution in [0.3, 0.4) is 0 Å². The van der Waals surface area contributed by atoms with Crippen molar-refractivity contribution in [3.8, 4) is 0 Å². The van der Waals surface area contributed by atoms with Crippen LogP contribution in [0.4, 0.5) is 0 Å². The molecule has 1 fully saturated rings. The molecule has 0 radical (unpaired) electrons. The number of carbonyl (C=O) groups excluding carboxylic acids is 2. The number of amides is 1. The van der Waals surface area contributed by atoms with E-state index in [9.17, 15) is 18.0 Å². The molecule has 0 spiro atoms. The van der Waals surface area contributed by atoms with E-state index in [0.717, 1.165) is 29.1 Å². The number of benzene rings is 1. The highest BCUT2D eigenvalue weighted by Gasteiger charge is 2.28. The smallest absolute Gasteiger partial charge is 0.321 e. The number of nitrogens with zero attached hydrogens (tertiary/aromatic N) is 1. The molecule has 7 nitrogen and oxygen atoms in total. The van der Waals surface area contributed by atoms with E-state index in [1.54, 1.807) is 12.1 Å². The van der Waals surface area contributed by atoms with E-state index < -0.39 is 29.1 Å². The molecular weight excluding hydrogens is 380 g/mol. The first kappa shape index (κ1) is 22.4. The third-order valence-corrected chi connectivity index (χ3v) is 7.32. The van der Waals surface area contributed by atoms with E-state index in [4.69, 9.17) is 4.74 Å². The van der Waals surface area contributed by atoms with Crippen LogP contribution in [0.1, 0.15) is 38.7 Å². The summed E-state index contributed by atoms with van der Waals surface area (Å²) in [4.78, 5) is 24.2. The van der Waals surface area contributed by atoms with E-state index in [1.165, 1.54) is 19.2 Å². The predicted octanol–water partition coefficient (Wildman–Crippen LogP) is 2.10. The number of sulfonamides is 1. The Morgan fingerprint density at radius 1 is 1.18 bits per heavy atom. The number of nitrogens with one attached hydrogen (secondary N) is 1. The van der Waals surface area contributed by atoms with Gasteiger partial charge in [-0.05, 0) is 37.3 Å². The second kappa shape index (κ2) is 9.52. The summed E-state index contributed by atoms with van der Waals surface area (Å²) < 4.78 is 30.9.